The van der Waals surface area contributed by atoms with Crippen molar-refractivity contribution in [1.29, 1.82) is 5.26 Å². The van der Waals surface area contributed by atoms with Gasteiger partial charge < -0.3 is 26.0 Å². The maximum absolute atomic E-state index is 13.0. The molecule has 4 heterocycles. The number of anilines is 2. The molecule has 3 saturated heterocycles. The van der Waals surface area contributed by atoms with Gasteiger partial charge in [-0.15, -0.1) is 0 Å². The Bertz CT molecular complexity index is 1280. The van der Waals surface area contributed by atoms with Gasteiger partial charge in [-0.2, -0.15) is 23.4 Å². The third-order valence-electron chi connectivity index (χ3n) is 7.30. The van der Waals surface area contributed by atoms with Crippen molar-refractivity contribution in [2.45, 2.75) is 56.4 Å². The van der Waals surface area contributed by atoms with Crippen LogP contribution in [-0.4, -0.2) is 53.1 Å². The second-order valence-corrected chi connectivity index (χ2v) is 9.84. The number of alkyl halides is 3. The van der Waals surface area contributed by atoms with Gasteiger partial charge in [0.2, 0.25) is 11.9 Å². The van der Waals surface area contributed by atoms with Gasteiger partial charge in [-0.1, -0.05) is 0 Å². The third kappa shape index (κ3) is 5.16. The monoisotopic (exact) mass is 529 g/mol. The summed E-state index contributed by atoms with van der Waals surface area (Å²) in [6.07, 6.45) is -0.754. The lowest BCUT2D eigenvalue weighted by Crippen LogP contribution is -2.45. The molecule has 1 aromatic heterocycles. The first-order chi connectivity index (χ1) is 18.1. The van der Waals surface area contributed by atoms with Crippen LogP contribution in [0.5, 0.6) is 5.75 Å². The first kappa shape index (κ1) is 25.6. The summed E-state index contributed by atoms with van der Waals surface area (Å²) in [7, 11) is 0. The van der Waals surface area contributed by atoms with E-state index in [0.717, 1.165) is 37.8 Å². The predicted octanol–water partition coefficient (Wildman–Crippen LogP) is 2.59. The number of amides is 2. The zero-order valence-corrected chi connectivity index (χ0v) is 20.3. The molecule has 0 saturated carbocycles. The van der Waals surface area contributed by atoms with Crippen LogP contribution in [0, 0.1) is 17.2 Å². The number of hydrogen-bond acceptors (Lipinski definition) is 8. The van der Waals surface area contributed by atoms with E-state index in [-0.39, 0.29) is 47.5 Å². The number of nitrogens with zero attached hydrogens (tertiary/aromatic N) is 4. The van der Waals surface area contributed by atoms with Crippen LogP contribution in [-0.2, 0) is 11.0 Å². The minimum Gasteiger partial charge on any atom is -0.492 e. The van der Waals surface area contributed by atoms with Gasteiger partial charge in [-0.3, -0.25) is 9.59 Å². The Morgan fingerprint density at radius 2 is 1.95 bits per heavy atom. The van der Waals surface area contributed by atoms with Crippen LogP contribution in [0.25, 0.3) is 0 Å². The molecule has 13 heteroatoms. The van der Waals surface area contributed by atoms with Crippen LogP contribution in [0.2, 0.25) is 0 Å². The molecule has 5 rings (SSSR count). The van der Waals surface area contributed by atoms with Crippen molar-refractivity contribution < 1.29 is 27.5 Å². The predicted molar refractivity (Wildman–Crippen MR) is 129 cm³/mol. The molecule has 2 bridgehead atoms. The van der Waals surface area contributed by atoms with Crippen LogP contribution in [0.1, 0.15) is 53.7 Å². The standard InChI is InChI=1S/C25H26F3N7O3/c26-25(27,28)15-1-4-20(14(9-15)11-29)38-12-13-7-16-2-3-17(8-13)35(16)24-33-19(22(30)36)10-21(34-24)32-18-5-6-31-23(18)37/h1,4,9-10,13,16-18H,2-3,5-8,12H2,(H2,30,36)(H,31,37)(H,32,33,34)/t13-,16+,17-,18-/m0/s1. The van der Waals surface area contributed by atoms with Gasteiger partial charge >= 0.3 is 6.18 Å². The molecule has 4 atom stereocenters. The number of carbonyl (C=O) groups excluding carboxylic acids is 2. The van der Waals surface area contributed by atoms with E-state index in [1.807, 2.05) is 0 Å². The summed E-state index contributed by atoms with van der Waals surface area (Å²) < 4.78 is 44.8. The molecule has 3 aliphatic rings. The highest BCUT2D eigenvalue weighted by Crippen LogP contribution is 2.41. The van der Waals surface area contributed by atoms with Crippen molar-refractivity contribution in [2.75, 3.05) is 23.4 Å². The molecule has 2 amide bonds. The fourth-order valence-corrected chi connectivity index (χ4v) is 5.54. The van der Waals surface area contributed by atoms with E-state index in [1.54, 1.807) is 6.07 Å². The lowest BCUT2D eigenvalue weighted by atomic mass is 9.91. The molecule has 0 spiro atoms. The first-order valence-corrected chi connectivity index (χ1v) is 12.4. The quantitative estimate of drug-likeness (QED) is 0.496. The Hall–Kier alpha value is -4.08. The molecular weight excluding hydrogens is 503 g/mol. The van der Waals surface area contributed by atoms with E-state index in [0.29, 0.717) is 24.7 Å². The number of fused-ring (bicyclic) bond motifs is 2. The second kappa shape index (κ2) is 10.00. The number of carbonyl (C=O) groups is 2. The van der Waals surface area contributed by atoms with Crippen LogP contribution >= 0.6 is 0 Å². The van der Waals surface area contributed by atoms with E-state index in [4.69, 9.17) is 10.5 Å². The highest BCUT2D eigenvalue weighted by molar-refractivity contribution is 5.92. The Balaban J connectivity index is 1.29. The average molecular weight is 530 g/mol. The molecule has 3 fully saturated rings. The molecule has 200 valence electrons. The van der Waals surface area contributed by atoms with E-state index >= 15 is 0 Å². The molecule has 3 aliphatic heterocycles. The van der Waals surface area contributed by atoms with Gasteiger partial charge in [0, 0.05) is 24.7 Å². The maximum Gasteiger partial charge on any atom is 0.416 e. The fraction of sp³-hybridized carbons (Fsp3) is 0.480. The molecule has 0 radical (unpaired) electrons. The van der Waals surface area contributed by atoms with E-state index in [2.05, 4.69) is 25.5 Å². The number of hydrogen-bond donors (Lipinski definition) is 3. The molecule has 2 aromatic rings. The number of halogens is 3. The Morgan fingerprint density at radius 1 is 1.21 bits per heavy atom. The summed E-state index contributed by atoms with van der Waals surface area (Å²) in [5.74, 6) is 0.106. The van der Waals surface area contributed by atoms with Gasteiger partial charge in [0.1, 0.15) is 29.4 Å². The molecular formula is C25H26F3N7O3. The molecule has 1 aromatic carbocycles. The lowest BCUT2D eigenvalue weighted by molar-refractivity contribution is -0.137. The van der Waals surface area contributed by atoms with Crippen molar-refractivity contribution in [1.82, 2.24) is 15.3 Å². The number of nitrogens with two attached hydrogens (primary N) is 1. The summed E-state index contributed by atoms with van der Waals surface area (Å²) in [4.78, 5) is 35.1. The molecule has 0 unspecified atom stereocenters. The van der Waals surface area contributed by atoms with Crippen LogP contribution < -0.4 is 26.0 Å². The van der Waals surface area contributed by atoms with Gasteiger partial charge in [0.15, 0.2) is 0 Å². The normalized spacial score (nSPS) is 24.6. The van der Waals surface area contributed by atoms with Crippen LogP contribution in [0.15, 0.2) is 24.3 Å². The van der Waals surface area contributed by atoms with Crippen molar-refractivity contribution in [3.8, 4) is 11.8 Å². The fourth-order valence-electron chi connectivity index (χ4n) is 5.54. The minimum absolute atomic E-state index is 0.0482. The zero-order chi connectivity index (χ0) is 27.0. The summed E-state index contributed by atoms with van der Waals surface area (Å²) in [5, 5.41) is 15.1. The topological polar surface area (TPSA) is 146 Å². The highest BCUT2D eigenvalue weighted by atomic mass is 19.4. The molecule has 38 heavy (non-hydrogen) atoms. The van der Waals surface area contributed by atoms with Gasteiger partial charge in [-0.25, -0.2) is 4.98 Å². The Kier molecular flexibility index (Phi) is 6.73. The van der Waals surface area contributed by atoms with Crippen LogP contribution in [0.3, 0.4) is 0 Å². The number of benzene rings is 1. The highest BCUT2D eigenvalue weighted by Gasteiger charge is 2.43. The van der Waals surface area contributed by atoms with Crippen molar-refractivity contribution in [3.63, 3.8) is 0 Å². The maximum atomic E-state index is 13.0. The number of nitriles is 1. The zero-order valence-electron chi connectivity index (χ0n) is 20.3. The van der Waals surface area contributed by atoms with E-state index < -0.39 is 23.7 Å². The number of primary amides is 1. The first-order valence-electron chi connectivity index (χ1n) is 12.4. The summed E-state index contributed by atoms with van der Waals surface area (Å²) in [6, 6.07) is 5.79. The largest absolute Gasteiger partial charge is 0.492 e. The second-order valence-electron chi connectivity index (χ2n) is 9.84. The van der Waals surface area contributed by atoms with Gasteiger partial charge in [0.25, 0.3) is 5.91 Å². The number of aromatic nitrogens is 2. The molecule has 4 N–H and O–H groups in total. The van der Waals surface area contributed by atoms with Crippen molar-refractivity contribution >= 4 is 23.6 Å². The van der Waals surface area contributed by atoms with E-state index in [1.165, 1.54) is 12.1 Å². The molecule has 10 nitrogen and oxygen atoms in total. The summed E-state index contributed by atoms with van der Waals surface area (Å²) >= 11 is 0. The lowest BCUT2D eigenvalue weighted by Gasteiger charge is -2.39. The van der Waals surface area contributed by atoms with Crippen LogP contribution in [0.4, 0.5) is 24.9 Å². The number of nitrogens with one attached hydrogen (secondary N) is 2. The van der Waals surface area contributed by atoms with Gasteiger partial charge in [-0.05, 0) is 56.2 Å². The smallest absolute Gasteiger partial charge is 0.416 e. The Labute approximate surface area is 216 Å². The van der Waals surface area contributed by atoms with Crippen molar-refractivity contribution in [2.24, 2.45) is 11.7 Å². The van der Waals surface area contributed by atoms with E-state index in [9.17, 15) is 28.0 Å². The number of ether oxygens (including phenoxy) is 1. The molecule has 0 aliphatic carbocycles. The van der Waals surface area contributed by atoms with Gasteiger partial charge in [0.05, 0.1) is 17.7 Å². The summed E-state index contributed by atoms with van der Waals surface area (Å²) in [6.45, 7) is 0.811. The minimum atomic E-state index is -4.54. The number of piperidine rings is 1. The number of rotatable bonds is 7. The SMILES string of the molecule is N#Cc1cc(C(F)(F)F)ccc1OC[C@H]1C[C@H]2CC[C@@H](C1)N2c1nc(N[C@H]2CCNC2=O)cc(C(N)=O)n1. The third-order valence-corrected chi connectivity index (χ3v) is 7.30. The van der Waals surface area contributed by atoms with Crippen molar-refractivity contribution in [3.05, 3.63) is 41.1 Å². The average Bonchev–Trinajstić information content (AvgIpc) is 3.40. The Morgan fingerprint density at radius 3 is 2.55 bits per heavy atom. The summed E-state index contributed by atoms with van der Waals surface area (Å²) in [5.41, 5.74) is 4.51.